The Labute approximate surface area is 181 Å². The van der Waals surface area contributed by atoms with Gasteiger partial charge in [-0.1, -0.05) is 12.1 Å². The summed E-state index contributed by atoms with van der Waals surface area (Å²) < 4.78 is 12.7. The first-order valence-corrected chi connectivity index (χ1v) is 10.9. The molecule has 0 amide bonds. The lowest BCUT2D eigenvalue weighted by atomic mass is 10.0. The lowest BCUT2D eigenvalue weighted by molar-refractivity contribution is 0.0518. The SMILES string of the molecule is CCOC(=O)c1cnc2cnc(N3CCN(C(C)c4ccc5c(c4)OCC5)CC3)cn12. The summed E-state index contributed by atoms with van der Waals surface area (Å²) in [6, 6.07) is 6.97. The average molecular weight is 422 g/mol. The van der Waals surface area contributed by atoms with Gasteiger partial charge in [0.2, 0.25) is 0 Å². The first-order valence-electron chi connectivity index (χ1n) is 10.9. The molecule has 1 aromatic carbocycles. The summed E-state index contributed by atoms with van der Waals surface area (Å²) in [5.74, 6) is 1.51. The van der Waals surface area contributed by atoms with Crippen LogP contribution in [0.1, 0.15) is 41.5 Å². The largest absolute Gasteiger partial charge is 0.493 e. The predicted molar refractivity (Wildman–Crippen MR) is 117 cm³/mol. The van der Waals surface area contributed by atoms with E-state index in [1.54, 1.807) is 23.7 Å². The monoisotopic (exact) mass is 421 g/mol. The number of nitrogens with zero attached hydrogens (tertiary/aromatic N) is 5. The summed E-state index contributed by atoms with van der Waals surface area (Å²) >= 11 is 0. The number of imidazole rings is 1. The topological polar surface area (TPSA) is 72.2 Å². The minimum Gasteiger partial charge on any atom is -0.493 e. The van der Waals surface area contributed by atoms with E-state index in [9.17, 15) is 4.79 Å². The van der Waals surface area contributed by atoms with Gasteiger partial charge >= 0.3 is 5.97 Å². The number of carbonyl (C=O) groups excluding carboxylic acids is 1. The van der Waals surface area contributed by atoms with Gasteiger partial charge in [0.05, 0.1) is 31.8 Å². The fourth-order valence-electron chi connectivity index (χ4n) is 4.39. The molecule has 2 aliphatic heterocycles. The molecule has 8 heteroatoms. The maximum Gasteiger partial charge on any atom is 0.356 e. The quantitative estimate of drug-likeness (QED) is 0.587. The average Bonchev–Trinajstić information content (AvgIpc) is 3.44. The molecule has 2 aromatic heterocycles. The third kappa shape index (κ3) is 3.72. The zero-order valence-corrected chi connectivity index (χ0v) is 18.0. The molecule has 31 heavy (non-hydrogen) atoms. The smallest absolute Gasteiger partial charge is 0.356 e. The van der Waals surface area contributed by atoms with Gasteiger partial charge in [0, 0.05) is 38.6 Å². The molecule has 3 aromatic rings. The highest BCUT2D eigenvalue weighted by Gasteiger charge is 2.25. The number of piperazine rings is 1. The molecular formula is C23H27N5O3. The van der Waals surface area contributed by atoms with E-state index in [2.05, 4.69) is 44.9 Å². The fourth-order valence-corrected chi connectivity index (χ4v) is 4.39. The van der Waals surface area contributed by atoms with E-state index in [0.717, 1.165) is 50.8 Å². The zero-order chi connectivity index (χ0) is 21.4. The van der Waals surface area contributed by atoms with Crippen molar-refractivity contribution < 1.29 is 14.3 Å². The third-order valence-corrected chi connectivity index (χ3v) is 6.26. The summed E-state index contributed by atoms with van der Waals surface area (Å²) in [7, 11) is 0. The highest BCUT2D eigenvalue weighted by atomic mass is 16.5. The maximum absolute atomic E-state index is 12.2. The molecule has 1 fully saturated rings. The van der Waals surface area contributed by atoms with E-state index in [-0.39, 0.29) is 5.97 Å². The molecule has 4 heterocycles. The van der Waals surface area contributed by atoms with Crippen LogP contribution < -0.4 is 9.64 Å². The minimum atomic E-state index is -0.371. The van der Waals surface area contributed by atoms with Gasteiger partial charge in [0.15, 0.2) is 11.3 Å². The van der Waals surface area contributed by atoms with Crippen LogP contribution in [0.3, 0.4) is 0 Å². The molecule has 0 spiro atoms. The number of esters is 1. The zero-order valence-electron chi connectivity index (χ0n) is 18.0. The molecule has 8 nitrogen and oxygen atoms in total. The molecule has 1 saturated heterocycles. The standard InChI is InChI=1S/C23H27N5O3/c1-3-30-23(29)19-13-24-21-14-25-22(15-28(19)21)27-9-7-26(8-10-27)16(2)18-5-4-17-6-11-31-20(17)12-18/h4-5,12-16H,3,6-11H2,1-2H3. The first-order chi connectivity index (χ1) is 15.1. The van der Waals surface area contributed by atoms with Gasteiger partial charge in [-0.25, -0.2) is 14.8 Å². The molecule has 1 atom stereocenters. The highest BCUT2D eigenvalue weighted by Crippen LogP contribution is 2.31. The fraction of sp³-hybridized carbons (Fsp3) is 0.435. The number of fused-ring (bicyclic) bond motifs is 2. The summed E-state index contributed by atoms with van der Waals surface area (Å²) in [4.78, 5) is 25.8. The minimum absolute atomic E-state index is 0.330. The molecule has 0 bridgehead atoms. The number of hydrogen-bond acceptors (Lipinski definition) is 7. The third-order valence-electron chi connectivity index (χ3n) is 6.26. The van der Waals surface area contributed by atoms with E-state index in [1.165, 1.54) is 11.1 Å². The number of hydrogen-bond donors (Lipinski definition) is 0. The molecule has 0 saturated carbocycles. The number of ether oxygens (including phenoxy) is 2. The van der Waals surface area contributed by atoms with Crippen molar-refractivity contribution in [2.45, 2.75) is 26.3 Å². The molecule has 0 aliphatic carbocycles. The molecule has 5 rings (SSSR count). The van der Waals surface area contributed by atoms with E-state index in [4.69, 9.17) is 9.47 Å². The van der Waals surface area contributed by atoms with Gasteiger partial charge in [-0.05, 0) is 31.0 Å². The normalized spacial score (nSPS) is 17.4. The van der Waals surface area contributed by atoms with Crippen molar-refractivity contribution in [1.82, 2.24) is 19.3 Å². The van der Waals surface area contributed by atoms with Crippen LogP contribution in [-0.2, 0) is 11.2 Å². The van der Waals surface area contributed by atoms with Gasteiger partial charge in [0.25, 0.3) is 0 Å². The summed E-state index contributed by atoms with van der Waals surface area (Å²) in [6.45, 7) is 8.79. The van der Waals surface area contributed by atoms with Crippen molar-refractivity contribution in [2.75, 3.05) is 44.3 Å². The number of anilines is 1. The molecule has 1 unspecified atom stereocenters. The Morgan fingerprint density at radius 2 is 2.03 bits per heavy atom. The van der Waals surface area contributed by atoms with Gasteiger partial charge < -0.3 is 14.4 Å². The van der Waals surface area contributed by atoms with Crippen LogP contribution >= 0.6 is 0 Å². The molecule has 2 aliphatic rings. The van der Waals surface area contributed by atoms with Crippen molar-refractivity contribution in [3.8, 4) is 5.75 Å². The molecule has 162 valence electrons. The predicted octanol–water partition coefficient (Wildman–Crippen LogP) is 2.72. The Kier molecular flexibility index (Phi) is 5.23. The number of rotatable bonds is 5. The van der Waals surface area contributed by atoms with Crippen LogP contribution in [0.15, 0.2) is 36.8 Å². The van der Waals surface area contributed by atoms with Crippen molar-refractivity contribution in [1.29, 1.82) is 0 Å². The first kappa shape index (κ1) is 19.8. The molecule has 0 radical (unpaired) electrons. The molecule has 0 N–H and O–H groups in total. The molecular weight excluding hydrogens is 394 g/mol. The summed E-state index contributed by atoms with van der Waals surface area (Å²) in [5.41, 5.74) is 3.67. The Bertz CT molecular complexity index is 1100. The van der Waals surface area contributed by atoms with Crippen LogP contribution in [0.2, 0.25) is 0 Å². The van der Waals surface area contributed by atoms with Crippen LogP contribution in [0, 0.1) is 0 Å². The number of carbonyl (C=O) groups is 1. The lowest BCUT2D eigenvalue weighted by Crippen LogP contribution is -2.47. The number of benzene rings is 1. The van der Waals surface area contributed by atoms with E-state index >= 15 is 0 Å². The van der Waals surface area contributed by atoms with Gasteiger partial charge in [-0.3, -0.25) is 9.30 Å². The second-order valence-corrected chi connectivity index (χ2v) is 8.00. The van der Waals surface area contributed by atoms with Crippen LogP contribution in [0.25, 0.3) is 5.65 Å². The Morgan fingerprint density at radius 1 is 1.19 bits per heavy atom. The van der Waals surface area contributed by atoms with Crippen molar-refractivity contribution >= 4 is 17.4 Å². The Hall–Kier alpha value is -3.13. The van der Waals surface area contributed by atoms with Crippen molar-refractivity contribution in [2.24, 2.45) is 0 Å². The van der Waals surface area contributed by atoms with E-state index in [0.29, 0.717) is 24.0 Å². The van der Waals surface area contributed by atoms with Crippen LogP contribution in [-0.4, -0.2) is 64.6 Å². The van der Waals surface area contributed by atoms with Crippen molar-refractivity contribution in [3.63, 3.8) is 0 Å². The summed E-state index contributed by atoms with van der Waals surface area (Å²) in [6.07, 6.45) is 6.14. The van der Waals surface area contributed by atoms with Crippen LogP contribution in [0.4, 0.5) is 5.82 Å². The van der Waals surface area contributed by atoms with E-state index < -0.39 is 0 Å². The second-order valence-electron chi connectivity index (χ2n) is 8.00. The van der Waals surface area contributed by atoms with Gasteiger partial charge in [-0.2, -0.15) is 0 Å². The summed E-state index contributed by atoms with van der Waals surface area (Å²) in [5, 5.41) is 0. The van der Waals surface area contributed by atoms with Crippen molar-refractivity contribution in [3.05, 3.63) is 53.6 Å². The Morgan fingerprint density at radius 3 is 2.84 bits per heavy atom. The maximum atomic E-state index is 12.2. The van der Waals surface area contributed by atoms with Gasteiger partial charge in [-0.15, -0.1) is 0 Å². The van der Waals surface area contributed by atoms with E-state index in [1.807, 2.05) is 6.20 Å². The Balaban J connectivity index is 1.28. The lowest BCUT2D eigenvalue weighted by Gasteiger charge is -2.38. The highest BCUT2D eigenvalue weighted by molar-refractivity contribution is 5.88. The number of aromatic nitrogens is 3. The van der Waals surface area contributed by atoms with Gasteiger partial charge in [0.1, 0.15) is 11.6 Å². The second kappa shape index (κ2) is 8.19. The van der Waals surface area contributed by atoms with Crippen LogP contribution in [0.5, 0.6) is 5.75 Å².